The van der Waals surface area contributed by atoms with E-state index in [1.165, 1.54) is 18.2 Å². The maximum atomic E-state index is 13.1. The van der Waals surface area contributed by atoms with Gasteiger partial charge in [-0.3, -0.25) is 4.79 Å². The number of rotatable bonds is 3. The van der Waals surface area contributed by atoms with Gasteiger partial charge in [-0.1, -0.05) is 11.6 Å². The summed E-state index contributed by atoms with van der Waals surface area (Å²) >= 11 is 5.86. The Morgan fingerprint density at radius 2 is 1.86 bits per heavy atom. The Kier molecular flexibility index (Phi) is 4.09. The Balaban J connectivity index is 2.27. The maximum Gasteiger partial charge on any atom is 0.335 e. The van der Waals surface area contributed by atoms with Crippen LogP contribution in [0.2, 0.25) is 5.02 Å². The van der Waals surface area contributed by atoms with E-state index in [2.05, 4.69) is 5.32 Å². The highest BCUT2D eigenvalue weighted by Crippen LogP contribution is 2.25. The van der Waals surface area contributed by atoms with Crippen LogP contribution in [-0.2, 0) is 0 Å². The summed E-state index contributed by atoms with van der Waals surface area (Å²) in [5.74, 6) is -2.98. The molecule has 0 saturated heterocycles. The molecular formula is C14H9ClFNO4. The smallest absolute Gasteiger partial charge is 0.335 e. The number of hydrogen-bond donors (Lipinski definition) is 3. The van der Waals surface area contributed by atoms with Gasteiger partial charge in [-0.25, -0.2) is 9.18 Å². The number of aromatic carboxylic acids is 1. The molecule has 7 heteroatoms. The topological polar surface area (TPSA) is 86.6 Å². The van der Waals surface area contributed by atoms with Crippen LogP contribution in [0.5, 0.6) is 5.75 Å². The zero-order valence-electron chi connectivity index (χ0n) is 10.4. The van der Waals surface area contributed by atoms with Crippen molar-refractivity contribution < 1.29 is 24.2 Å². The lowest BCUT2D eigenvalue weighted by Crippen LogP contribution is -2.13. The molecule has 1 amide bonds. The molecule has 0 aromatic heterocycles. The van der Waals surface area contributed by atoms with E-state index in [1.807, 2.05) is 0 Å². The van der Waals surface area contributed by atoms with Gasteiger partial charge in [0.2, 0.25) is 0 Å². The Morgan fingerprint density at radius 1 is 1.14 bits per heavy atom. The van der Waals surface area contributed by atoms with Gasteiger partial charge in [0.15, 0.2) is 0 Å². The molecule has 0 aliphatic rings. The fourth-order valence-electron chi connectivity index (χ4n) is 1.63. The molecule has 3 N–H and O–H groups in total. The molecule has 0 radical (unpaired) electrons. The molecule has 0 bridgehead atoms. The first-order valence-electron chi connectivity index (χ1n) is 5.71. The van der Waals surface area contributed by atoms with Crippen LogP contribution in [0.25, 0.3) is 0 Å². The number of carboxylic acid groups (broad SMARTS) is 1. The molecule has 0 aliphatic heterocycles. The van der Waals surface area contributed by atoms with Crippen molar-refractivity contribution in [3.05, 3.63) is 58.4 Å². The maximum absolute atomic E-state index is 13.1. The van der Waals surface area contributed by atoms with Crippen LogP contribution in [0, 0.1) is 5.82 Å². The van der Waals surface area contributed by atoms with E-state index >= 15 is 0 Å². The van der Waals surface area contributed by atoms with Crippen molar-refractivity contribution in [2.45, 2.75) is 0 Å². The summed E-state index contributed by atoms with van der Waals surface area (Å²) in [6.45, 7) is 0. The van der Waals surface area contributed by atoms with Gasteiger partial charge < -0.3 is 15.5 Å². The van der Waals surface area contributed by atoms with Crippen LogP contribution in [0.15, 0.2) is 36.4 Å². The predicted octanol–water partition coefficient (Wildman–Crippen LogP) is 3.14. The lowest BCUT2D eigenvalue weighted by Gasteiger charge is -2.09. The van der Waals surface area contributed by atoms with Crippen molar-refractivity contribution in [3.8, 4) is 5.75 Å². The molecular weight excluding hydrogens is 301 g/mol. The number of hydrogen-bond acceptors (Lipinski definition) is 3. The average molecular weight is 310 g/mol. The molecule has 0 unspecified atom stereocenters. The molecule has 0 heterocycles. The van der Waals surface area contributed by atoms with Crippen LogP contribution < -0.4 is 5.32 Å². The fourth-order valence-corrected chi connectivity index (χ4v) is 1.86. The van der Waals surface area contributed by atoms with Gasteiger partial charge in [0.05, 0.1) is 21.8 Å². The Hall–Kier alpha value is -2.60. The first-order valence-corrected chi connectivity index (χ1v) is 6.09. The predicted molar refractivity (Wildman–Crippen MR) is 74.4 cm³/mol. The van der Waals surface area contributed by atoms with Crippen LogP contribution >= 0.6 is 11.6 Å². The lowest BCUT2D eigenvalue weighted by molar-refractivity contribution is 0.0696. The van der Waals surface area contributed by atoms with Gasteiger partial charge in [0, 0.05) is 0 Å². The highest BCUT2D eigenvalue weighted by Gasteiger charge is 2.15. The second-order valence-electron chi connectivity index (χ2n) is 4.12. The number of nitrogens with one attached hydrogen (secondary N) is 1. The van der Waals surface area contributed by atoms with E-state index in [1.54, 1.807) is 0 Å². The molecule has 0 aliphatic carbocycles. The Morgan fingerprint density at radius 3 is 2.48 bits per heavy atom. The quantitative estimate of drug-likeness (QED) is 0.813. The molecule has 2 aromatic carbocycles. The number of halogens is 2. The van der Waals surface area contributed by atoms with E-state index in [0.29, 0.717) is 0 Å². The normalized spacial score (nSPS) is 10.2. The third-order valence-corrected chi connectivity index (χ3v) is 2.98. The van der Waals surface area contributed by atoms with E-state index in [9.17, 15) is 19.1 Å². The largest absolute Gasteiger partial charge is 0.507 e. The summed E-state index contributed by atoms with van der Waals surface area (Å²) in [5, 5.41) is 20.7. The number of aromatic hydroxyl groups is 1. The standard InChI is InChI=1S/C14H9ClFNO4/c15-10-5-7(14(20)21)1-3-11(10)17-13(19)9-6-8(16)2-4-12(9)18/h1-6,18H,(H,17,19)(H,20,21). The summed E-state index contributed by atoms with van der Waals surface area (Å²) in [7, 11) is 0. The molecule has 0 fully saturated rings. The van der Waals surface area contributed by atoms with Gasteiger partial charge in [-0.2, -0.15) is 0 Å². The van der Waals surface area contributed by atoms with E-state index in [0.717, 1.165) is 18.2 Å². The molecule has 0 spiro atoms. The van der Waals surface area contributed by atoms with Gasteiger partial charge in [0.1, 0.15) is 11.6 Å². The first kappa shape index (κ1) is 14.8. The minimum absolute atomic E-state index is 0.0131. The summed E-state index contributed by atoms with van der Waals surface area (Å²) < 4.78 is 13.1. The van der Waals surface area contributed by atoms with Gasteiger partial charge in [-0.15, -0.1) is 0 Å². The Bertz CT molecular complexity index is 733. The van der Waals surface area contributed by atoms with Crippen molar-refractivity contribution >= 4 is 29.2 Å². The third kappa shape index (κ3) is 3.29. The third-order valence-electron chi connectivity index (χ3n) is 2.67. The van der Waals surface area contributed by atoms with Crippen LogP contribution in [0.1, 0.15) is 20.7 Å². The number of carboxylic acids is 1. The average Bonchev–Trinajstić information content (AvgIpc) is 2.43. The second-order valence-corrected chi connectivity index (χ2v) is 4.52. The zero-order chi connectivity index (χ0) is 15.6. The van der Waals surface area contributed by atoms with Crippen molar-refractivity contribution in [1.82, 2.24) is 0 Å². The van der Waals surface area contributed by atoms with Crippen molar-refractivity contribution in [3.63, 3.8) is 0 Å². The highest BCUT2D eigenvalue weighted by molar-refractivity contribution is 6.34. The number of carbonyl (C=O) groups excluding carboxylic acids is 1. The monoisotopic (exact) mass is 309 g/mol. The molecule has 5 nitrogen and oxygen atoms in total. The van der Waals surface area contributed by atoms with E-state index in [-0.39, 0.29) is 27.6 Å². The first-order chi connectivity index (χ1) is 9.88. The van der Waals surface area contributed by atoms with Crippen molar-refractivity contribution in [2.75, 3.05) is 5.32 Å². The molecule has 2 rings (SSSR count). The fraction of sp³-hybridized carbons (Fsp3) is 0. The SMILES string of the molecule is O=C(O)c1ccc(NC(=O)c2cc(F)ccc2O)c(Cl)c1. The van der Waals surface area contributed by atoms with E-state index in [4.69, 9.17) is 16.7 Å². The van der Waals surface area contributed by atoms with Gasteiger partial charge in [-0.05, 0) is 36.4 Å². The summed E-state index contributed by atoms with van der Waals surface area (Å²) in [5.41, 5.74) is -0.143. The summed E-state index contributed by atoms with van der Waals surface area (Å²) in [4.78, 5) is 22.7. The zero-order valence-corrected chi connectivity index (χ0v) is 11.2. The summed E-state index contributed by atoms with van der Waals surface area (Å²) in [6.07, 6.45) is 0. The van der Waals surface area contributed by atoms with Gasteiger partial charge >= 0.3 is 5.97 Å². The van der Waals surface area contributed by atoms with E-state index < -0.39 is 17.7 Å². The number of carbonyl (C=O) groups is 2. The second kappa shape index (κ2) is 5.80. The van der Waals surface area contributed by atoms with Crippen LogP contribution in [-0.4, -0.2) is 22.1 Å². The molecule has 0 atom stereocenters. The highest BCUT2D eigenvalue weighted by atomic mass is 35.5. The number of anilines is 1. The lowest BCUT2D eigenvalue weighted by atomic mass is 10.1. The van der Waals surface area contributed by atoms with Crippen LogP contribution in [0.4, 0.5) is 10.1 Å². The van der Waals surface area contributed by atoms with Gasteiger partial charge in [0.25, 0.3) is 5.91 Å². The summed E-state index contributed by atoms with van der Waals surface area (Å²) in [6, 6.07) is 6.69. The van der Waals surface area contributed by atoms with Crippen LogP contribution in [0.3, 0.4) is 0 Å². The van der Waals surface area contributed by atoms with Crippen molar-refractivity contribution in [2.24, 2.45) is 0 Å². The molecule has 2 aromatic rings. The number of amides is 1. The minimum Gasteiger partial charge on any atom is -0.507 e. The minimum atomic E-state index is -1.16. The number of phenols is 1. The molecule has 0 saturated carbocycles. The molecule has 108 valence electrons. The van der Waals surface area contributed by atoms with Crippen molar-refractivity contribution in [1.29, 1.82) is 0 Å². The number of benzene rings is 2. The molecule has 21 heavy (non-hydrogen) atoms. The Labute approximate surface area is 123 Å². The number of phenolic OH excluding ortho intramolecular Hbond substituents is 1.